The molecule has 6 heteroatoms. The van der Waals surface area contributed by atoms with Gasteiger partial charge in [0.15, 0.2) is 6.10 Å². The second kappa shape index (κ2) is 65.3. The van der Waals surface area contributed by atoms with Crippen LogP contribution in [0.2, 0.25) is 0 Å². The number of hydrogen-bond acceptors (Lipinski definition) is 6. The van der Waals surface area contributed by atoms with Crippen LogP contribution in [0, 0.1) is 0 Å². The number of unbranched alkanes of at least 4 members (excludes halogenated alkanes) is 16. The molecule has 79 heavy (non-hydrogen) atoms. The van der Waals surface area contributed by atoms with Gasteiger partial charge in [-0.15, -0.1) is 0 Å². The van der Waals surface area contributed by atoms with E-state index in [2.05, 4.69) is 179 Å². The molecule has 1 unspecified atom stereocenters. The Labute approximate surface area is 485 Å². The first kappa shape index (κ1) is 73.8. The van der Waals surface area contributed by atoms with Crippen LogP contribution in [0.15, 0.2) is 170 Å². The summed E-state index contributed by atoms with van der Waals surface area (Å²) in [5, 5.41) is 0. The lowest BCUT2D eigenvalue weighted by molar-refractivity contribution is -0.166. The van der Waals surface area contributed by atoms with Gasteiger partial charge in [0.05, 0.1) is 0 Å². The number of esters is 3. The van der Waals surface area contributed by atoms with Gasteiger partial charge in [0.25, 0.3) is 0 Å². The summed E-state index contributed by atoms with van der Waals surface area (Å²) in [6.45, 7) is 6.20. The van der Waals surface area contributed by atoms with Crippen LogP contribution in [0.4, 0.5) is 0 Å². The highest BCUT2D eigenvalue weighted by molar-refractivity contribution is 5.71. The van der Waals surface area contributed by atoms with E-state index < -0.39 is 6.10 Å². The largest absolute Gasteiger partial charge is 0.462 e. The highest BCUT2D eigenvalue weighted by Gasteiger charge is 2.19. The first-order valence-corrected chi connectivity index (χ1v) is 31.6. The Morgan fingerprint density at radius 1 is 0.253 bits per heavy atom. The van der Waals surface area contributed by atoms with Crippen molar-refractivity contribution in [2.45, 2.75) is 258 Å². The fourth-order valence-corrected chi connectivity index (χ4v) is 8.10. The fraction of sp³-hybridized carbons (Fsp3) is 0.575. The SMILES string of the molecule is CC/C=C\C/C=C\C/C=C\C/C=C\C/C=C\C/C=C\C/C=C\CCCCCCCCCCCCCC(=O)OCC(COC(=O)CC/C=C\C/C=C\C/C=C\C/C=C\CC)OC(=O)CCCCCCC/C=C\C/C=C\C/C=C\CC. The Morgan fingerprint density at radius 2 is 0.481 bits per heavy atom. The van der Waals surface area contributed by atoms with Crippen LogP contribution in [0.1, 0.15) is 252 Å². The summed E-state index contributed by atoms with van der Waals surface area (Å²) in [7, 11) is 0. The van der Waals surface area contributed by atoms with Crippen LogP contribution in [0.25, 0.3) is 0 Å². The van der Waals surface area contributed by atoms with Crippen LogP contribution < -0.4 is 0 Å². The van der Waals surface area contributed by atoms with Gasteiger partial charge in [-0.3, -0.25) is 14.4 Å². The Hall–Kier alpha value is -5.23. The molecule has 0 aromatic heterocycles. The van der Waals surface area contributed by atoms with Gasteiger partial charge in [-0.05, 0) is 135 Å². The van der Waals surface area contributed by atoms with E-state index in [1.165, 1.54) is 57.8 Å². The van der Waals surface area contributed by atoms with Crippen molar-refractivity contribution in [2.75, 3.05) is 13.2 Å². The first-order chi connectivity index (χ1) is 39.0. The van der Waals surface area contributed by atoms with Gasteiger partial charge in [-0.1, -0.05) is 268 Å². The Bertz CT molecular complexity index is 1820. The molecule has 1 atom stereocenters. The third-order valence-electron chi connectivity index (χ3n) is 12.7. The second-order valence-electron chi connectivity index (χ2n) is 20.2. The van der Waals surface area contributed by atoms with Crippen LogP contribution in [0.5, 0.6) is 0 Å². The van der Waals surface area contributed by atoms with Crippen molar-refractivity contribution in [3.8, 4) is 0 Å². The molecule has 0 heterocycles. The summed E-state index contributed by atoms with van der Waals surface area (Å²) in [6, 6.07) is 0. The van der Waals surface area contributed by atoms with Gasteiger partial charge >= 0.3 is 17.9 Å². The maximum absolute atomic E-state index is 12.9. The summed E-state index contributed by atoms with van der Waals surface area (Å²) < 4.78 is 16.8. The van der Waals surface area contributed by atoms with E-state index in [9.17, 15) is 14.4 Å². The summed E-state index contributed by atoms with van der Waals surface area (Å²) >= 11 is 0. The molecule has 0 fully saturated rings. The summed E-state index contributed by atoms with van der Waals surface area (Å²) in [4.78, 5) is 38.2. The molecule has 0 N–H and O–H groups in total. The zero-order valence-corrected chi connectivity index (χ0v) is 50.6. The quantitative estimate of drug-likeness (QED) is 0.0261. The Morgan fingerprint density at radius 3 is 0.785 bits per heavy atom. The molecule has 442 valence electrons. The van der Waals surface area contributed by atoms with Crippen molar-refractivity contribution in [3.63, 3.8) is 0 Å². The zero-order valence-electron chi connectivity index (χ0n) is 50.6. The van der Waals surface area contributed by atoms with Crippen molar-refractivity contribution in [1.29, 1.82) is 0 Å². The predicted octanol–water partition coefficient (Wildman–Crippen LogP) is 21.9. The first-order valence-electron chi connectivity index (χ1n) is 31.6. The Balaban J connectivity index is 4.30. The lowest BCUT2D eigenvalue weighted by Gasteiger charge is -2.18. The molecular weight excluding hydrogens is 973 g/mol. The minimum absolute atomic E-state index is 0.115. The number of carbonyl (C=O) groups excluding carboxylic acids is 3. The number of carbonyl (C=O) groups is 3. The molecule has 0 aliphatic rings. The molecular formula is C73H114O6. The number of allylic oxidation sites excluding steroid dienone is 28. The minimum Gasteiger partial charge on any atom is -0.462 e. The number of rotatable bonds is 55. The maximum atomic E-state index is 12.9. The van der Waals surface area contributed by atoms with Crippen LogP contribution in [0.3, 0.4) is 0 Å². The molecule has 0 aliphatic carbocycles. The molecule has 0 aromatic carbocycles. The topological polar surface area (TPSA) is 78.9 Å². The average Bonchev–Trinajstić information content (AvgIpc) is 3.45. The van der Waals surface area contributed by atoms with Crippen molar-refractivity contribution in [3.05, 3.63) is 170 Å². The standard InChI is InChI=1S/C73H114O6/c1-4-7-10-13-16-19-22-25-27-28-29-30-31-32-33-34-35-36-37-38-39-40-41-42-43-44-46-48-51-54-57-60-63-66-72(75)78-69-70(68-77-71(74)65-62-59-56-53-50-47-24-21-18-15-12-9-6-3)79-73(76)67-64-61-58-55-52-49-45-26-23-20-17-14-11-8-5-2/h7-12,16-21,25-27,29-30,32-33,35-36,38-39,45,47,50,56,59,70H,4-6,13-15,22-24,28,31,34,37,40-44,46,48-49,51-55,57-58,60-69H2,1-3H3/b10-7-,11-8-,12-9-,19-16-,20-17-,21-18-,27-25-,30-29-,33-32-,36-35-,39-38-,45-26-,50-47-,59-56-. The Kier molecular flexibility index (Phi) is 61.0. The van der Waals surface area contributed by atoms with Crippen LogP contribution >= 0.6 is 0 Å². The van der Waals surface area contributed by atoms with E-state index in [1.54, 1.807) is 0 Å². The normalized spacial score (nSPS) is 13.3. The highest BCUT2D eigenvalue weighted by Crippen LogP contribution is 2.15. The zero-order chi connectivity index (χ0) is 57.1. The molecule has 0 rings (SSSR count). The average molecular weight is 1090 g/mol. The third-order valence-corrected chi connectivity index (χ3v) is 12.7. The summed E-state index contributed by atoms with van der Waals surface area (Å²) in [5.74, 6) is -1.03. The lowest BCUT2D eigenvalue weighted by Crippen LogP contribution is -2.30. The smallest absolute Gasteiger partial charge is 0.306 e. The molecule has 0 aliphatic heterocycles. The van der Waals surface area contributed by atoms with Gasteiger partial charge in [0.1, 0.15) is 13.2 Å². The number of hydrogen-bond donors (Lipinski definition) is 0. The highest BCUT2D eigenvalue weighted by atomic mass is 16.6. The van der Waals surface area contributed by atoms with E-state index >= 15 is 0 Å². The lowest BCUT2D eigenvalue weighted by atomic mass is 10.0. The van der Waals surface area contributed by atoms with E-state index in [0.717, 1.165) is 148 Å². The van der Waals surface area contributed by atoms with Gasteiger partial charge in [-0.25, -0.2) is 0 Å². The molecule has 0 spiro atoms. The fourth-order valence-electron chi connectivity index (χ4n) is 8.10. The summed E-state index contributed by atoms with van der Waals surface area (Å²) in [5.41, 5.74) is 0. The second-order valence-corrected chi connectivity index (χ2v) is 20.2. The van der Waals surface area contributed by atoms with Gasteiger partial charge in [0, 0.05) is 19.3 Å². The van der Waals surface area contributed by atoms with Gasteiger partial charge < -0.3 is 14.2 Å². The predicted molar refractivity (Wildman–Crippen MR) is 343 cm³/mol. The van der Waals surface area contributed by atoms with Crippen LogP contribution in [-0.4, -0.2) is 37.2 Å². The maximum Gasteiger partial charge on any atom is 0.306 e. The molecule has 0 saturated carbocycles. The van der Waals surface area contributed by atoms with Gasteiger partial charge in [0.2, 0.25) is 0 Å². The molecule has 0 aromatic rings. The molecule has 0 amide bonds. The van der Waals surface area contributed by atoms with Crippen molar-refractivity contribution < 1.29 is 28.6 Å². The molecule has 0 saturated heterocycles. The molecule has 0 bridgehead atoms. The van der Waals surface area contributed by atoms with Crippen molar-refractivity contribution in [2.24, 2.45) is 0 Å². The summed E-state index contributed by atoms with van der Waals surface area (Å²) in [6.07, 6.45) is 96.7. The molecule has 0 radical (unpaired) electrons. The monoisotopic (exact) mass is 1090 g/mol. The van der Waals surface area contributed by atoms with Crippen molar-refractivity contribution in [1.82, 2.24) is 0 Å². The minimum atomic E-state index is -0.825. The number of ether oxygens (including phenoxy) is 3. The van der Waals surface area contributed by atoms with Crippen molar-refractivity contribution >= 4 is 17.9 Å². The van der Waals surface area contributed by atoms with Gasteiger partial charge in [-0.2, -0.15) is 0 Å². The molecule has 6 nitrogen and oxygen atoms in total. The van der Waals surface area contributed by atoms with E-state index in [-0.39, 0.29) is 44.0 Å². The van der Waals surface area contributed by atoms with E-state index in [0.29, 0.717) is 12.8 Å². The van der Waals surface area contributed by atoms with E-state index in [4.69, 9.17) is 14.2 Å². The van der Waals surface area contributed by atoms with Crippen LogP contribution in [-0.2, 0) is 28.6 Å². The third kappa shape index (κ3) is 63.5. The van der Waals surface area contributed by atoms with E-state index in [1.807, 2.05) is 12.2 Å².